The summed E-state index contributed by atoms with van der Waals surface area (Å²) < 4.78 is 18.1. The Labute approximate surface area is 185 Å². The van der Waals surface area contributed by atoms with Gasteiger partial charge in [-0.3, -0.25) is 4.98 Å². The molecule has 0 aromatic carbocycles. The number of methoxy groups -OCH3 is 1. The number of aliphatic hydroxyl groups excluding tert-OH is 1. The lowest BCUT2D eigenvalue weighted by Crippen LogP contribution is -2.43. The largest absolute Gasteiger partial charge is 0.491 e. The summed E-state index contributed by atoms with van der Waals surface area (Å²) in [5.74, 6) is 0.812. The molecule has 0 amide bonds. The van der Waals surface area contributed by atoms with Gasteiger partial charge in [0.15, 0.2) is 19.8 Å². The van der Waals surface area contributed by atoms with E-state index in [2.05, 4.69) is 61.7 Å². The first-order chi connectivity index (χ1) is 13.3. The Morgan fingerprint density at radius 3 is 2.31 bits per heavy atom. The molecule has 0 radical (unpaired) electrons. The number of hydrogen-bond donors (Lipinski definition) is 2. The van der Waals surface area contributed by atoms with Crippen LogP contribution in [0.1, 0.15) is 65.7 Å². The fourth-order valence-electron chi connectivity index (χ4n) is 2.47. The number of halogens is 1. The predicted molar refractivity (Wildman–Crippen MR) is 122 cm³/mol. The van der Waals surface area contributed by atoms with Gasteiger partial charge in [-0.15, -0.1) is 0 Å². The second kappa shape index (κ2) is 10.6. The first-order valence-electron chi connectivity index (χ1n) is 10.2. The molecule has 1 heterocycles. The summed E-state index contributed by atoms with van der Waals surface area (Å²) in [4.78, 5) is 4.31. The van der Waals surface area contributed by atoms with Crippen molar-refractivity contribution in [2.75, 3.05) is 20.3 Å². The average molecular weight is 493 g/mol. The van der Waals surface area contributed by atoms with Crippen molar-refractivity contribution in [2.24, 2.45) is 0 Å². The fraction of sp³-hybridized carbons (Fsp3) is 0.762. The van der Waals surface area contributed by atoms with Crippen LogP contribution in [0.2, 0.25) is 18.1 Å². The highest BCUT2D eigenvalue weighted by atomic mass is 79.9. The van der Waals surface area contributed by atoms with E-state index in [0.717, 1.165) is 12.8 Å². The SMILES string of the molecule is CCCCOc1c(Br)cnc(C(O)C(C)(O)CCO[Si](C)(C)C(C)(C)C)c1OC. The zero-order valence-electron chi connectivity index (χ0n) is 19.1. The maximum absolute atomic E-state index is 11.0. The summed E-state index contributed by atoms with van der Waals surface area (Å²) in [5.41, 5.74) is -1.18. The van der Waals surface area contributed by atoms with Gasteiger partial charge in [0.2, 0.25) is 0 Å². The number of ether oxygens (including phenoxy) is 2. The van der Waals surface area contributed by atoms with E-state index in [9.17, 15) is 10.2 Å². The minimum Gasteiger partial charge on any atom is -0.491 e. The monoisotopic (exact) mass is 491 g/mol. The van der Waals surface area contributed by atoms with Crippen LogP contribution in [0.25, 0.3) is 0 Å². The molecule has 168 valence electrons. The van der Waals surface area contributed by atoms with Crippen LogP contribution in [0.15, 0.2) is 10.7 Å². The molecule has 0 aliphatic carbocycles. The van der Waals surface area contributed by atoms with Crippen LogP contribution in [0, 0.1) is 0 Å². The normalized spacial score (nSPS) is 15.7. The summed E-state index contributed by atoms with van der Waals surface area (Å²) in [6, 6.07) is 0. The van der Waals surface area contributed by atoms with Gasteiger partial charge in [-0.1, -0.05) is 34.1 Å². The first-order valence-corrected chi connectivity index (χ1v) is 13.9. The van der Waals surface area contributed by atoms with E-state index in [1.807, 2.05) is 0 Å². The van der Waals surface area contributed by atoms with Crippen LogP contribution in [0.5, 0.6) is 11.5 Å². The summed E-state index contributed by atoms with van der Waals surface area (Å²) >= 11 is 3.43. The van der Waals surface area contributed by atoms with Gasteiger partial charge >= 0.3 is 0 Å². The average Bonchev–Trinajstić information content (AvgIpc) is 2.61. The Kier molecular flexibility index (Phi) is 9.61. The van der Waals surface area contributed by atoms with E-state index in [0.29, 0.717) is 29.2 Å². The van der Waals surface area contributed by atoms with Gasteiger partial charge in [-0.2, -0.15) is 0 Å². The first kappa shape index (κ1) is 26.4. The Morgan fingerprint density at radius 1 is 1.17 bits per heavy atom. The van der Waals surface area contributed by atoms with Crippen molar-refractivity contribution < 1.29 is 24.1 Å². The molecule has 0 spiro atoms. The van der Waals surface area contributed by atoms with E-state index >= 15 is 0 Å². The highest BCUT2D eigenvalue weighted by molar-refractivity contribution is 9.10. The van der Waals surface area contributed by atoms with Crippen LogP contribution in [-0.4, -0.2) is 49.4 Å². The lowest BCUT2D eigenvalue weighted by atomic mass is 9.92. The molecule has 6 nitrogen and oxygen atoms in total. The molecular weight excluding hydrogens is 454 g/mol. The third kappa shape index (κ3) is 6.92. The molecule has 0 saturated heterocycles. The molecule has 0 bridgehead atoms. The number of nitrogens with zero attached hydrogens (tertiary/aromatic N) is 1. The van der Waals surface area contributed by atoms with Gasteiger partial charge in [-0.25, -0.2) is 0 Å². The van der Waals surface area contributed by atoms with Crippen LogP contribution < -0.4 is 9.47 Å². The highest BCUT2D eigenvalue weighted by Crippen LogP contribution is 2.43. The number of aromatic nitrogens is 1. The van der Waals surface area contributed by atoms with Gasteiger partial charge in [0, 0.05) is 19.2 Å². The molecule has 2 unspecified atom stereocenters. The van der Waals surface area contributed by atoms with Crippen molar-refractivity contribution in [3.8, 4) is 11.5 Å². The van der Waals surface area contributed by atoms with Crippen molar-refractivity contribution in [1.82, 2.24) is 4.98 Å². The van der Waals surface area contributed by atoms with Gasteiger partial charge < -0.3 is 24.1 Å². The third-order valence-electron chi connectivity index (χ3n) is 5.65. The number of rotatable bonds is 11. The molecule has 2 atom stereocenters. The second-order valence-electron chi connectivity index (χ2n) is 9.17. The molecule has 8 heteroatoms. The van der Waals surface area contributed by atoms with Crippen molar-refractivity contribution in [3.63, 3.8) is 0 Å². The number of hydrogen-bond acceptors (Lipinski definition) is 6. The lowest BCUT2D eigenvalue weighted by Gasteiger charge is -2.37. The smallest absolute Gasteiger partial charge is 0.191 e. The van der Waals surface area contributed by atoms with E-state index in [4.69, 9.17) is 13.9 Å². The van der Waals surface area contributed by atoms with Gasteiger partial charge in [0.05, 0.1) is 23.8 Å². The Morgan fingerprint density at radius 2 is 1.79 bits per heavy atom. The standard InChI is InChI=1S/C21H38BrNO5Si/c1-9-10-12-27-17-15(22)14-23-16(18(17)26-6)19(24)21(5,25)11-13-28-29(7,8)20(2,3)4/h14,19,24-25H,9-13H2,1-8H3. The minimum atomic E-state index is -1.93. The molecule has 0 aliphatic heterocycles. The molecule has 0 aliphatic rings. The topological polar surface area (TPSA) is 81.0 Å². The zero-order chi connectivity index (χ0) is 22.5. The van der Waals surface area contributed by atoms with E-state index in [-0.39, 0.29) is 17.2 Å². The number of unbranched alkanes of at least 4 members (excludes halogenated alkanes) is 1. The fourth-order valence-corrected chi connectivity index (χ4v) is 3.92. The van der Waals surface area contributed by atoms with Gasteiger partial charge in [0.1, 0.15) is 11.8 Å². The molecule has 1 aromatic heterocycles. The van der Waals surface area contributed by atoms with Crippen molar-refractivity contribution in [2.45, 2.75) is 83.7 Å². The van der Waals surface area contributed by atoms with Crippen LogP contribution in [0.4, 0.5) is 0 Å². The highest BCUT2D eigenvalue weighted by Gasteiger charge is 2.40. The van der Waals surface area contributed by atoms with E-state index < -0.39 is 20.0 Å². The van der Waals surface area contributed by atoms with Gasteiger partial charge in [-0.05, 0) is 47.4 Å². The molecule has 0 saturated carbocycles. The molecule has 29 heavy (non-hydrogen) atoms. The van der Waals surface area contributed by atoms with E-state index in [1.165, 1.54) is 7.11 Å². The molecular formula is C21H38BrNO5Si. The van der Waals surface area contributed by atoms with Crippen molar-refractivity contribution in [3.05, 3.63) is 16.4 Å². The number of aliphatic hydroxyl groups is 2. The second-order valence-corrected chi connectivity index (χ2v) is 14.8. The molecule has 0 fully saturated rings. The van der Waals surface area contributed by atoms with Crippen LogP contribution in [-0.2, 0) is 4.43 Å². The third-order valence-corrected chi connectivity index (χ3v) is 10.7. The lowest BCUT2D eigenvalue weighted by molar-refractivity contribution is -0.0781. The molecule has 1 aromatic rings. The number of pyridine rings is 1. The Bertz CT molecular complexity index is 661. The summed E-state index contributed by atoms with van der Waals surface area (Å²) in [6.45, 7) is 15.4. The van der Waals surface area contributed by atoms with Crippen molar-refractivity contribution in [1.29, 1.82) is 0 Å². The maximum Gasteiger partial charge on any atom is 0.191 e. The predicted octanol–water partition coefficient (Wildman–Crippen LogP) is 5.23. The quantitative estimate of drug-likeness (QED) is 0.325. The maximum atomic E-state index is 11.0. The van der Waals surface area contributed by atoms with Crippen LogP contribution >= 0.6 is 15.9 Å². The zero-order valence-corrected chi connectivity index (χ0v) is 21.7. The van der Waals surface area contributed by atoms with Crippen LogP contribution in [0.3, 0.4) is 0 Å². The summed E-state index contributed by atoms with van der Waals surface area (Å²) in [5, 5.41) is 22.0. The van der Waals surface area contributed by atoms with E-state index in [1.54, 1.807) is 13.1 Å². The molecule has 1 rings (SSSR count). The van der Waals surface area contributed by atoms with Crippen molar-refractivity contribution >= 4 is 24.2 Å². The Balaban J connectivity index is 3.00. The van der Waals surface area contributed by atoms with Gasteiger partial charge in [0.25, 0.3) is 0 Å². The summed E-state index contributed by atoms with van der Waals surface area (Å²) in [7, 11) is -0.429. The Hall–Kier alpha value is -0.673. The summed E-state index contributed by atoms with van der Waals surface area (Å²) in [6.07, 6.45) is 2.49. The molecule has 2 N–H and O–H groups in total. The minimum absolute atomic E-state index is 0.0820.